The van der Waals surface area contributed by atoms with Gasteiger partial charge >= 0.3 is 0 Å². The molecule has 4 heterocycles. The van der Waals surface area contributed by atoms with E-state index in [2.05, 4.69) is 21.7 Å². The van der Waals surface area contributed by atoms with E-state index in [0.717, 1.165) is 41.1 Å². The van der Waals surface area contributed by atoms with Gasteiger partial charge in [-0.25, -0.2) is 4.98 Å². The van der Waals surface area contributed by atoms with E-state index >= 15 is 0 Å². The quantitative estimate of drug-likeness (QED) is 0.480. The van der Waals surface area contributed by atoms with Gasteiger partial charge in [0.2, 0.25) is 0 Å². The van der Waals surface area contributed by atoms with E-state index in [4.69, 9.17) is 11.6 Å². The van der Waals surface area contributed by atoms with Crippen molar-refractivity contribution in [3.05, 3.63) is 86.5 Å². The first-order chi connectivity index (χ1) is 14.6. The van der Waals surface area contributed by atoms with Crippen molar-refractivity contribution in [3.8, 4) is 0 Å². The standard InChI is InChI=1S/C23H21ClN4OS/c1-15-19(23(29)27-9-7-21-16(12-27)8-10-30-21)3-2-4-20(15)25-11-18-14-28-13-17(24)5-6-22(28)26-18/h2-6,8,10,13-14,25H,7,9,11-12H2,1H3. The van der Waals surface area contributed by atoms with E-state index in [9.17, 15) is 4.79 Å². The molecular weight excluding hydrogens is 416 g/mol. The van der Waals surface area contributed by atoms with Gasteiger partial charge in [0, 0.05) is 41.6 Å². The number of carbonyl (C=O) groups is 1. The second kappa shape index (κ2) is 7.78. The maximum Gasteiger partial charge on any atom is 0.254 e. The molecule has 4 aromatic rings. The highest BCUT2D eigenvalue weighted by Gasteiger charge is 2.24. The fourth-order valence-electron chi connectivity index (χ4n) is 3.94. The molecule has 0 fully saturated rings. The van der Waals surface area contributed by atoms with Crippen LogP contribution in [0.4, 0.5) is 5.69 Å². The first-order valence-electron chi connectivity index (χ1n) is 9.89. The van der Waals surface area contributed by atoms with E-state index in [1.54, 1.807) is 11.3 Å². The number of carbonyl (C=O) groups excluding carboxylic acids is 1. The van der Waals surface area contributed by atoms with Crippen LogP contribution in [0.2, 0.25) is 5.02 Å². The first-order valence-corrected chi connectivity index (χ1v) is 11.2. The van der Waals surface area contributed by atoms with Gasteiger partial charge in [-0.15, -0.1) is 11.3 Å². The number of benzene rings is 1. The largest absolute Gasteiger partial charge is 0.379 e. The Labute approximate surface area is 183 Å². The number of anilines is 1. The lowest BCUT2D eigenvalue weighted by Crippen LogP contribution is -2.35. The van der Waals surface area contributed by atoms with Crippen molar-refractivity contribution in [2.45, 2.75) is 26.4 Å². The summed E-state index contributed by atoms with van der Waals surface area (Å²) in [7, 11) is 0. The van der Waals surface area contributed by atoms with Crippen molar-refractivity contribution in [1.29, 1.82) is 0 Å². The number of hydrogen-bond acceptors (Lipinski definition) is 4. The third kappa shape index (κ3) is 3.57. The lowest BCUT2D eigenvalue weighted by Gasteiger charge is -2.28. The van der Waals surface area contributed by atoms with Crippen LogP contribution in [-0.4, -0.2) is 26.7 Å². The van der Waals surface area contributed by atoms with Crippen molar-refractivity contribution in [3.63, 3.8) is 0 Å². The Kier molecular flexibility index (Phi) is 4.97. The number of amides is 1. The van der Waals surface area contributed by atoms with Crippen molar-refractivity contribution in [2.24, 2.45) is 0 Å². The molecule has 1 N–H and O–H groups in total. The van der Waals surface area contributed by atoms with Gasteiger partial charge in [0.1, 0.15) is 5.65 Å². The maximum atomic E-state index is 13.2. The molecule has 7 heteroatoms. The van der Waals surface area contributed by atoms with Crippen molar-refractivity contribution in [2.75, 3.05) is 11.9 Å². The molecule has 0 spiro atoms. The van der Waals surface area contributed by atoms with Crippen LogP contribution in [0.25, 0.3) is 5.65 Å². The Hall–Kier alpha value is -2.83. The summed E-state index contributed by atoms with van der Waals surface area (Å²) in [5.74, 6) is 0.0929. The SMILES string of the molecule is Cc1c(NCc2cn3cc(Cl)ccc3n2)cccc1C(=O)N1CCc2sccc2C1. The van der Waals surface area contributed by atoms with E-state index < -0.39 is 0 Å². The maximum absolute atomic E-state index is 13.2. The molecule has 0 aliphatic carbocycles. The predicted molar refractivity (Wildman–Crippen MR) is 121 cm³/mol. The number of imidazole rings is 1. The summed E-state index contributed by atoms with van der Waals surface area (Å²) < 4.78 is 1.92. The fraction of sp³-hybridized carbons (Fsp3) is 0.217. The van der Waals surface area contributed by atoms with Gasteiger partial charge in [-0.1, -0.05) is 17.7 Å². The third-order valence-electron chi connectivity index (χ3n) is 5.58. The molecular formula is C23H21ClN4OS. The number of nitrogens with one attached hydrogen (secondary N) is 1. The average Bonchev–Trinajstić information content (AvgIpc) is 3.38. The monoisotopic (exact) mass is 436 g/mol. The zero-order valence-corrected chi connectivity index (χ0v) is 18.1. The Morgan fingerprint density at radius 3 is 3.03 bits per heavy atom. The lowest BCUT2D eigenvalue weighted by atomic mass is 10.0. The molecule has 1 aliphatic heterocycles. The van der Waals surface area contributed by atoms with Crippen LogP contribution in [0.5, 0.6) is 0 Å². The van der Waals surface area contributed by atoms with Gasteiger partial charge in [0.15, 0.2) is 0 Å². The molecule has 1 amide bonds. The molecule has 1 aromatic carbocycles. The minimum Gasteiger partial charge on any atom is -0.379 e. The summed E-state index contributed by atoms with van der Waals surface area (Å²) in [5.41, 5.74) is 5.71. The summed E-state index contributed by atoms with van der Waals surface area (Å²) in [6.07, 6.45) is 4.74. The highest BCUT2D eigenvalue weighted by molar-refractivity contribution is 7.10. The number of rotatable bonds is 4. The van der Waals surface area contributed by atoms with Gasteiger partial charge in [-0.2, -0.15) is 0 Å². The molecule has 0 unspecified atom stereocenters. The van der Waals surface area contributed by atoms with Crippen LogP contribution < -0.4 is 5.32 Å². The summed E-state index contributed by atoms with van der Waals surface area (Å²) in [4.78, 5) is 21.2. The molecule has 0 saturated heterocycles. The predicted octanol–water partition coefficient (Wildman–Crippen LogP) is 5.17. The molecule has 1 aliphatic rings. The molecule has 0 bridgehead atoms. The Morgan fingerprint density at radius 1 is 1.23 bits per heavy atom. The molecule has 3 aromatic heterocycles. The number of hydrogen-bond donors (Lipinski definition) is 1. The molecule has 30 heavy (non-hydrogen) atoms. The van der Waals surface area contributed by atoms with Crippen molar-refractivity contribution in [1.82, 2.24) is 14.3 Å². The Bertz CT molecular complexity index is 1250. The summed E-state index contributed by atoms with van der Waals surface area (Å²) in [6.45, 7) is 4.03. The molecule has 0 radical (unpaired) electrons. The number of aromatic nitrogens is 2. The molecule has 0 saturated carbocycles. The van der Waals surface area contributed by atoms with Crippen LogP contribution in [0, 0.1) is 6.92 Å². The van der Waals surface area contributed by atoms with Crippen LogP contribution in [0.1, 0.15) is 32.1 Å². The third-order valence-corrected chi connectivity index (χ3v) is 6.83. The Balaban J connectivity index is 1.33. The van der Waals surface area contributed by atoms with E-state index in [1.165, 1.54) is 10.4 Å². The normalized spacial score (nSPS) is 13.5. The number of fused-ring (bicyclic) bond motifs is 2. The zero-order chi connectivity index (χ0) is 20.7. The van der Waals surface area contributed by atoms with Crippen LogP contribution in [0.3, 0.4) is 0 Å². The summed E-state index contributed by atoms with van der Waals surface area (Å²) in [6, 6.07) is 11.7. The van der Waals surface area contributed by atoms with E-state index in [0.29, 0.717) is 18.1 Å². The fourth-order valence-corrected chi connectivity index (χ4v) is 5.00. The van der Waals surface area contributed by atoms with E-state index in [1.807, 2.05) is 58.9 Å². The molecule has 5 rings (SSSR count). The minimum atomic E-state index is 0.0929. The van der Waals surface area contributed by atoms with Crippen molar-refractivity contribution >= 4 is 40.2 Å². The highest BCUT2D eigenvalue weighted by atomic mass is 35.5. The van der Waals surface area contributed by atoms with Gasteiger partial charge in [-0.05, 0) is 60.2 Å². The molecule has 152 valence electrons. The lowest BCUT2D eigenvalue weighted by molar-refractivity contribution is 0.0735. The Morgan fingerprint density at radius 2 is 2.13 bits per heavy atom. The number of thiophene rings is 1. The molecule has 0 atom stereocenters. The number of halogens is 1. The summed E-state index contributed by atoms with van der Waals surface area (Å²) in [5, 5.41) is 6.22. The van der Waals surface area contributed by atoms with Crippen LogP contribution >= 0.6 is 22.9 Å². The average molecular weight is 437 g/mol. The summed E-state index contributed by atoms with van der Waals surface area (Å²) >= 11 is 7.84. The number of nitrogens with zero attached hydrogens (tertiary/aromatic N) is 3. The van der Waals surface area contributed by atoms with Gasteiger partial charge < -0.3 is 14.6 Å². The minimum absolute atomic E-state index is 0.0929. The second-order valence-corrected chi connectivity index (χ2v) is 8.96. The van der Waals surface area contributed by atoms with Crippen molar-refractivity contribution < 1.29 is 4.79 Å². The second-order valence-electron chi connectivity index (χ2n) is 7.52. The zero-order valence-electron chi connectivity index (χ0n) is 16.6. The van der Waals surface area contributed by atoms with Gasteiger partial charge in [-0.3, -0.25) is 4.79 Å². The topological polar surface area (TPSA) is 49.6 Å². The van der Waals surface area contributed by atoms with E-state index in [-0.39, 0.29) is 5.91 Å². The van der Waals surface area contributed by atoms with Gasteiger partial charge in [0.05, 0.1) is 17.3 Å². The first kappa shape index (κ1) is 19.2. The smallest absolute Gasteiger partial charge is 0.254 e. The number of pyridine rings is 1. The van der Waals surface area contributed by atoms with Crippen LogP contribution in [0.15, 0.2) is 54.2 Å². The van der Waals surface area contributed by atoms with Gasteiger partial charge in [0.25, 0.3) is 5.91 Å². The molecule has 5 nitrogen and oxygen atoms in total. The van der Waals surface area contributed by atoms with Crippen LogP contribution in [-0.2, 0) is 19.5 Å². The highest BCUT2D eigenvalue weighted by Crippen LogP contribution is 2.27.